The van der Waals surface area contributed by atoms with E-state index in [1.807, 2.05) is 0 Å². The highest BCUT2D eigenvalue weighted by atomic mass is 32.2. The van der Waals surface area contributed by atoms with Crippen LogP contribution in [0.15, 0.2) is 39.8 Å². The summed E-state index contributed by atoms with van der Waals surface area (Å²) in [5.41, 5.74) is 0.284. The smallest absolute Gasteiger partial charge is 0.276 e. The van der Waals surface area contributed by atoms with Crippen molar-refractivity contribution < 1.29 is 22.5 Å². The normalized spacial score (nSPS) is 17.7. The third-order valence-electron chi connectivity index (χ3n) is 4.59. The molecule has 1 aliphatic rings. The Balaban J connectivity index is 1.59. The van der Waals surface area contributed by atoms with Crippen LogP contribution in [0.2, 0.25) is 0 Å². The molecule has 146 valence electrons. The Bertz CT molecular complexity index is 892. The fourth-order valence-electron chi connectivity index (χ4n) is 3.11. The number of rotatable bonds is 6. The monoisotopic (exact) mass is 393 g/mol. The number of aromatic nitrogens is 1. The number of hydrogen-bond donors (Lipinski definition) is 1. The molecule has 9 heteroatoms. The number of aryl methyl sites for hydroxylation is 1. The number of nitrogens with zero attached hydrogens (tertiary/aromatic N) is 2. The average Bonchev–Trinajstić information content (AvgIpc) is 3.12. The highest BCUT2D eigenvalue weighted by molar-refractivity contribution is 7.89. The molecule has 0 aliphatic carbocycles. The Morgan fingerprint density at radius 3 is 2.74 bits per heavy atom. The molecule has 1 fully saturated rings. The van der Waals surface area contributed by atoms with Crippen molar-refractivity contribution >= 4 is 15.9 Å². The number of ether oxygens (including phenoxy) is 1. The van der Waals surface area contributed by atoms with Gasteiger partial charge in [-0.05, 0) is 49.9 Å². The van der Waals surface area contributed by atoms with Gasteiger partial charge in [0.15, 0.2) is 5.69 Å². The third kappa shape index (κ3) is 4.67. The molecule has 0 radical (unpaired) electrons. The minimum atomic E-state index is -3.61. The van der Waals surface area contributed by atoms with E-state index in [1.165, 1.54) is 19.2 Å². The van der Waals surface area contributed by atoms with E-state index >= 15 is 0 Å². The topological polar surface area (TPSA) is 102 Å². The summed E-state index contributed by atoms with van der Waals surface area (Å²) in [4.78, 5) is 14.4. The van der Waals surface area contributed by atoms with Gasteiger partial charge in [-0.2, -0.15) is 0 Å². The zero-order valence-corrected chi connectivity index (χ0v) is 16.2. The van der Waals surface area contributed by atoms with Crippen LogP contribution in [0.1, 0.15) is 29.1 Å². The maximum Gasteiger partial charge on any atom is 0.276 e. The molecule has 1 aliphatic heterocycles. The maximum absolute atomic E-state index is 12.5. The molecule has 27 heavy (non-hydrogen) atoms. The Kier molecular flexibility index (Phi) is 5.81. The van der Waals surface area contributed by atoms with E-state index in [1.54, 1.807) is 30.0 Å². The summed E-state index contributed by atoms with van der Waals surface area (Å²) in [5.74, 6) is 1.04. The van der Waals surface area contributed by atoms with E-state index in [0.29, 0.717) is 24.6 Å². The van der Waals surface area contributed by atoms with Crippen molar-refractivity contribution in [3.05, 3.63) is 41.8 Å². The molecule has 1 atom stereocenters. The van der Waals surface area contributed by atoms with Crippen molar-refractivity contribution in [1.82, 2.24) is 14.8 Å². The third-order valence-corrected chi connectivity index (χ3v) is 6.02. The number of carbonyl (C=O) groups is 1. The Labute approximate surface area is 158 Å². The van der Waals surface area contributed by atoms with Crippen LogP contribution in [-0.4, -0.2) is 51.1 Å². The van der Waals surface area contributed by atoms with Gasteiger partial charge >= 0.3 is 0 Å². The van der Waals surface area contributed by atoms with Crippen LogP contribution in [-0.2, 0) is 10.0 Å². The number of amides is 1. The van der Waals surface area contributed by atoms with Crippen LogP contribution in [0.4, 0.5) is 0 Å². The highest BCUT2D eigenvalue weighted by Gasteiger charge is 2.27. The van der Waals surface area contributed by atoms with Gasteiger partial charge in [0.25, 0.3) is 5.91 Å². The SMILES string of the molecule is COc1ccc(S(=O)(=O)NC[C@@H]2CCCN(C(=O)c3cc(C)on3)C2)cc1. The second-order valence-electron chi connectivity index (χ2n) is 6.61. The Morgan fingerprint density at radius 1 is 1.37 bits per heavy atom. The molecule has 1 amide bonds. The predicted molar refractivity (Wildman–Crippen MR) is 98.1 cm³/mol. The molecule has 1 saturated heterocycles. The number of likely N-dealkylation sites (tertiary alicyclic amines) is 1. The van der Waals surface area contributed by atoms with Crippen molar-refractivity contribution in [3.63, 3.8) is 0 Å². The summed E-state index contributed by atoms with van der Waals surface area (Å²) in [6.07, 6.45) is 1.67. The maximum atomic E-state index is 12.5. The summed E-state index contributed by atoms with van der Waals surface area (Å²) in [6.45, 7) is 3.12. The Hall–Kier alpha value is -2.39. The molecule has 8 nitrogen and oxygen atoms in total. The average molecular weight is 393 g/mol. The largest absolute Gasteiger partial charge is 0.497 e. The van der Waals surface area contributed by atoms with E-state index in [2.05, 4.69) is 9.88 Å². The number of carbonyl (C=O) groups excluding carboxylic acids is 1. The van der Waals surface area contributed by atoms with Gasteiger partial charge in [0.1, 0.15) is 11.5 Å². The number of sulfonamides is 1. The van der Waals surface area contributed by atoms with E-state index < -0.39 is 10.0 Å². The van der Waals surface area contributed by atoms with Gasteiger partial charge in [-0.25, -0.2) is 13.1 Å². The second-order valence-corrected chi connectivity index (χ2v) is 8.38. The fraction of sp³-hybridized carbons (Fsp3) is 0.444. The van der Waals surface area contributed by atoms with Gasteiger partial charge in [-0.3, -0.25) is 4.79 Å². The second kappa shape index (κ2) is 8.10. The lowest BCUT2D eigenvalue weighted by molar-refractivity contribution is 0.0666. The van der Waals surface area contributed by atoms with E-state index in [-0.39, 0.29) is 29.0 Å². The summed E-state index contributed by atoms with van der Waals surface area (Å²) < 4.78 is 37.6. The zero-order chi connectivity index (χ0) is 19.4. The first-order valence-corrected chi connectivity index (χ1v) is 10.2. The molecule has 0 unspecified atom stereocenters. The van der Waals surface area contributed by atoms with Crippen LogP contribution in [0.5, 0.6) is 5.75 Å². The summed E-state index contributed by atoms with van der Waals surface area (Å²) in [6, 6.07) is 7.83. The molecule has 1 N–H and O–H groups in total. The summed E-state index contributed by atoms with van der Waals surface area (Å²) in [5, 5.41) is 3.77. The summed E-state index contributed by atoms with van der Waals surface area (Å²) >= 11 is 0. The lowest BCUT2D eigenvalue weighted by Crippen LogP contribution is -2.43. The molecule has 1 aromatic carbocycles. The molecule has 3 rings (SSSR count). The van der Waals surface area contributed by atoms with E-state index in [9.17, 15) is 13.2 Å². The quantitative estimate of drug-likeness (QED) is 0.803. The van der Waals surface area contributed by atoms with Crippen molar-refractivity contribution in [2.24, 2.45) is 5.92 Å². The van der Waals surface area contributed by atoms with Gasteiger partial charge in [0.05, 0.1) is 12.0 Å². The van der Waals surface area contributed by atoms with Gasteiger partial charge in [-0.1, -0.05) is 5.16 Å². The number of piperidine rings is 1. The van der Waals surface area contributed by atoms with Crippen molar-refractivity contribution in [3.8, 4) is 5.75 Å². The Morgan fingerprint density at radius 2 is 2.11 bits per heavy atom. The molecule has 2 heterocycles. The lowest BCUT2D eigenvalue weighted by Gasteiger charge is -2.32. The number of benzene rings is 1. The first kappa shape index (κ1) is 19.4. The molecular weight excluding hydrogens is 370 g/mol. The fourth-order valence-corrected chi connectivity index (χ4v) is 4.23. The van der Waals surface area contributed by atoms with E-state index in [0.717, 1.165) is 12.8 Å². The van der Waals surface area contributed by atoms with Crippen molar-refractivity contribution in [1.29, 1.82) is 0 Å². The van der Waals surface area contributed by atoms with Gasteiger partial charge in [-0.15, -0.1) is 0 Å². The molecule has 2 aromatic rings. The number of hydrogen-bond acceptors (Lipinski definition) is 6. The first-order chi connectivity index (χ1) is 12.9. The minimum absolute atomic E-state index is 0.0451. The molecule has 0 saturated carbocycles. The van der Waals surface area contributed by atoms with Gasteiger partial charge in [0, 0.05) is 25.7 Å². The minimum Gasteiger partial charge on any atom is -0.497 e. The van der Waals surface area contributed by atoms with Gasteiger partial charge in [0.2, 0.25) is 10.0 Å². The standard InChI is InChI=1S/C18H23N3O5S/c1-13-10-17(20-26-13)18(22)21-9-3-4-14(12-21)11-19-27(23,24)16-7-5-15(25-2)6-8-16/h5-8,10,14,19H,3-4,9,11-12H2,1-2H3/t14-/m0/s1. The number of nitrogens with one attached hydrogen (secondary N) is 1. The number of methoxy groups -OCH3 is 1. The molecule has 0 bridgehead atoms. The van der Waals surface area contributed by atoms with Crippen LogP contribution in [0.3, 0.4) is 0 Å². The van der Waals surface area contributed by atoms with Crippen LogP contribution in [0, 0.1) is 12.8 Å². The lowest BCUT2D eigenvalue weighted by atomic mass is 9.98. The van der Waals surface area contributed by atoms with Gasteiger partial charge < -0.3 is 14.2 Å². The zero-order valence-electron chi connectivity index (χ0n) is 15.3. The molecule has 0 spiro atoms. The highest BCUT2D eigenvalue weighted by Crippen LogP contribution is 2.20. The summed E-state index contributed by atoms with van der Waals surface area (Å²) in [7, 11) is -2.08. The predicted octanol–water partition coefficient (Wildman–Crippen LogP) is 1.82. The van der Waals surface area contributed by atoms with Crippen LogP contribution < -0.4 is 9.46 Å². The first-order valence-electron chi connectivity index (χ1n) is 8.75. The van der Waals surface area contributed by atoms with E-state index in [4.69, 9.17) is 9.26 Å². The van der Waals surface area contributed by atoms with Crippen molar-refractivity contribution in [2.45, 2.75) is 24.7 Å². The van der Waals surface area contributed by atoms with Crippen LogP contribution in [0.25, 0.3) is 0 Å². The van der Waals surface area contributed by atoms with Crippen LogP contribution >= 0.6 is 0 Å². The molecule has 1 aromatic heterocycles. The molecular formula is C18H23N3O5S. The van der Waals surface area contributed by atoms with Crippen molar-refractivity contribution in [2.75, 3.05) is 26.7 Å².